The smallest absolute Gasteiger partial charge is 0.225 e. The van der Waals surface area contributed by atoms with Gasteiger partial charge in [0.25, 0.3) is 0 Å². The van der Waals surface area contributed by atoms with Gasteiger partial charge in [0.05, 0.1) is 5.25 Å². The van der Waals surface area contributed by atoms with Gasteiger partial charge in [0.2, 0.25) is 15.9 Å². The van der Waals surface area contributed by atoms with Crippen molar-refractivity contribution in [3.8, 4) is 5.82 Å². The molecular weight excluding hydrogens is 420 g/mol. The average molecular weight is 447 g/mol. The maximum atomic E-state index is 13.0. The van der Waals surface area contributed by atoms with Crippen LogP contribution in [0.1, 0.15) is 25.7 Å². The third-order valence-corrected chi connectivity index (χ3v) is 8.71. The minimum Gasteiger partial charge on any atom is -0.355 e. The zero-order valence-electron chi connectivity index (χ0n) is 17.2. The molecule has 2 saturated heterocycles. The lowest BCUT2D eigenvalue weighted by Gasteiger charge is -2.38. The molecule has 0 bridgehead atoms. The number of anilines is 1. The second kappa shape index (κ2) is 8.15. The molecular formula is C19H26N8O3S. The highest BCUT2D eigenvalue weighted by molar-refractivity contribution is 7.90. The van der Waals surface area contributed by atoms with E-state index in [0.717, 1.165) is 44.6 Å². The highest BCUT2D eigenvalue weighted by Crippen LogP contribution is 2.31. The molecule has 1 amide bonds. The second-order valence-electron chi connectivity index (χ2n) is 8.32. The minimum absolute atomic E-state index is 0.0229. The highest BCUT2D eigenvalue weighted by Gasteiger charge is 2.41. The van der Waals surface area contributed by atoms with Gasteiger partial charge in [-0.2, -0.15) is 9.40 Å². The van der Waals surface area contributed by atoms with Gasteiger partial charge in [-0.25, -0.2) is 18.1 Å². The molecule has 5 rings (SSSR count). The molecule has 3 fully saturated rings. The number of carbonyl (C=O) groups is 1. The zero-order valence-corrected chi connectivity index (χ0v) is 18.1. The number of hydrogen-bond acceptors (Lipinski definition) is 8. The maximum absolute atomic E-state index is 13.0. The number of amides is 1. The Morgan fingerprint density at radius 1 is 0.903 bits per heavy atom. The van der Waals surface area contributed by atoms with Crippen LogP contribution in [-0.2, 0) is 14.8 Å². The van der Waals surface area contributed by atoms with Gasteiger partial charge in [0, 0.05) is 45.2 Å². The highest BCUT2D eigenvalue weighted by atomic mass is 32.2. The minimum atomic E-state index is -3.15. The number of sulfonamides is 1. The molecule has 11 nitrogen and oxygen atoms in total. The first kappa shape index (κ1) is 20.3. The van der Waals surface area contributed by atoms with Crippen molar-refractivity contribution in [2.24, 2.45) is 5.92 Å². The van der Waals surface area contributed by atoms with Gasteiger partial charge in [-0.05, 0) is 37.8 Å². The third kappa shape index (κ3) is 4.13. The Balaban J connectivity index is 1.12. The topological polar surface area (TPSA) is 117 Å². The van der Waals surface area contributed by atoms with Crippen molar-refractivity contribution >= 4 is 21.7 Å². The molecule has 2 aliphatic heterocycles. The summed E-state index contributed by atoms with van der Waals surface area (Å²) >= 11 is 0. The van der Waals surface area contributed by atoms with Gasteiger partial charge in [0.1, 0.15) is 12.7 Å². The molecule has 0 N–H and O–H groups in total. The summed E-state index contributed by atoms with van der Waals surface area (Å²) in [7, 11) is -3.15. The Morgan fingerprint density at radius 2 is 1.58 bits per heavy atom. The van der Waals surface area contributed by atoms with Crippen molar-refractivity contribution in [1.29, 1.82) is 0 Å². The zero-order chi connectivity index (χ0) is 21.4. The summed E-state index contributed by atoms with van der Waals surface area (Å²) in [5, 5.41) is 12.4. The Labute approximate surface area is 181 Å². The number of piperidine rings is 1. The fraction of sp³-hybridized carbons (Fsp3) is 0.632. The van der Waals surface area contributed by atoms with Crippen LogP contribution in [-0.4, -0.2) is 93.0 Å². The van der Waals surface area contributed by atoms with E-state index in [4.69, 9.17) is 0 Å². The summed E-state index contributed by atoms with van der Waals surface area (Å²) < 4.78 is 27.9. The third-order valence-electron chi connectivity index (χ3n) is 6.31. The number of piperazine rings is 1. The summed E-state index contributed by atoms with van der Waals surface area (Å²) in [6.45, 7) is 3.28. The van der Waals surface area contributed by atoms with Crippen LogP contribution in [0.4, 0.5) is 5.82 Å². The van der Waals surface area contributed by atoms with Gasteiger partial charge < -0.3 is 9.80 Å². The van der Waals surface area contributed by atoms with E-state index in [0.29, 0.717) is 32.0 Å². The molecule has 12 heteroatoms. The number of hydrogen-bond donors (Lipinski definition) is 0. The van der Waals surface area contributed by atoms with Gasteiger partial charge >= 0.3 is 0 Å². The fourth-order valence-corrected chi connectivity index (χ4v) is 6.11. The van der Waals surface area contributed by atoms with Crippen molar-refractivity contribution in [2.75, 3.05) is 44.2 Å². The first-order valence-corrected chi connectivity index (χ1v) is 12.2. The largest absolute Gasteiger partial charge is 0.355 e. The molecule has 2 aromatic heterocycles. The van der Waals surface area contributed by atoms with Crippen LogP contribution in [0.5, 0.6) is 0 Å². The van der Waals surface area contributed by atoms with Crippen LogP contribution < -0.4 is 4.90 Å². The second-order valence-corrected chi connectivity index (χ2v) is 10.5. The molecule has 1 aliphatic carbocycles. The summed E-state index contributed by atoms with van der Waals surface area (Å²) in [4.78, 5) is 20.9. The van der Waals surface area contributed by atoms with Gasteiger partial charge in [-0.1, -0.05) is 0 Å². The van der Waals surface area contributed by atoms with Crippen molar-refractivity contribution in [3.05, 3.63) is 24.8 Å². The van der Waals surface area contributed by atoms with E-state index in [9.17, 15) is 13.2 Å². The molecule has 0 unspecified atom stereocenters. The van der Waals surface area contributed by atoms with Crippen molar-refractivity contribution in [3.63, 3.8) is 0 Å². The Morgan fingerprint density at radius 3 is 2.16 bits per heavy atom. The number of aromatic nitrogens is 5. The molecule has 31 heavy (non-hydrogen) atoms. The lowest BCUT2D eigenvalue weighted by Crippen LogP contribution is -2.53. The van der Waals surface area contributed by atoms with E-state index in [1.54, 1.807) is 15.3 Å². The van der Waals surface area contributed by atoms with E-state index in [2.05, 4.69) is 25.2 Å². The van der Waals surface area contributed by atoms with E-state index in [1.807, 2.05) is 17.0 Å². The number of carbonyl (C=O) groups excluding carboxylic acids is 1. The van der Waals surface area contributed by atoms with Gasteiger partial charge in [0.15, 0.2) is 11.6 Å². The maximum Gasteiger partial charge on any atom is 0.225 e. The first-order chi connectivity index (χ1) is 15.0. The lowest BCUT2D eigenvalue weighted by molar-refractivity contribution is -0.137. The van der Waals surface area contributed by atoms with E-state index in [-0.39, 0.29) is 17.1 Å². The molecule has 1 saturated carbocycles. The van der Waals surface area contributed by atoms with E-state index >= 15 is 0 Å². The number of nitrogens with zero attached hydrogens (tertiary/aromatic N) is 8. The van der Waals surface area contributed by atoms with Crippen molar-refractivity contribution in [2.45, 2.75) is 30.9 Å². The lowest BCUT2D eigenvalue weighted by atomic mass is 9.95. The van der Waals surface area contributed by atoms with Crippen molar-refractivity contribution < 1.29 is 13.2 Å². The predicted molar refractivity (Wildman–Crippen MR) is 112 cm³/mol. The van der Waals surface area contributed by atoms with Crippen LogP contribution in [0.2, 0.25) is 0 Å². The Bertz CT molecular complexity index is 1010. The first-order valence-electron chi connectivity index (χ1n) is 10.7. The SMILES string of the molecule is O=C(C1CCN(c2ccc(-n3cncn3)nn2)CC1)N1CCN(S(=O)(=O)C2CC2)CC1. The van der Waals surface area contributed by atoms with Gasteiger partial charge in [-0.15, -0.1) is 10.2 Å². The Kier molecular flexibility index (Phi) is 5.34. The normalized spacial score (nSPS) is 21.4. The van der Waals surface area contributed by atoms with E-state index < -0.39 is 10.0 Å². The Hall–Kier alpha value is -2.60. The van der Waals surface area contributed by atoms with Crippen LogP contribution in [0.25, 0.3) is 5.82 Å². The van der Waals surface area contributed by atoms with Crippen molar-refractivity contribution in [1.82, 2.24) is 34.2 Å². The molecule has 2 aromatic rings. The molecule has 0 atom stereocenters. The summed E-state index contributed by atoms with van der Waals surface area (Å²) in [5.41, 5.74) is 0. The van der Waals surface area contributed by atoms with Crippen LogP contribution in [0, 0.1) is 5.92 Å². The summed E-state index contributed by atoms with van der Waals surface area (Å²) in [6.07, 6.45) is 6.07. The quantitative estimate of drug-likeness (QED) is 0.625. The molecule has 3 aliphatic rings. The van der Waals surface area contributed by atoms with Crippen LogP contribution in [0.3, 0.4) is 0 Å². The van der Waals surface area contributed by atoms with Crippen LogP contribution in [0.15, 0.2) is 24.8 Å². The molecule has 4 heterocycles. The predicted octanol–water partition coefficient (Wildman–Crippen LogP) is -0.0899. The van der Waals surface area contributed by atoms with Crippen LogP contribution >= 0.6 is 0 Å². The molecule has 0 aromatic carbocycles. The molecule has 0 radical (unpaired) electrons. The average Bonchev–Trinajstić information content (AvgIpc) is 3.55. The molecule has 166 valence electrons. The summed E-state index contributed by atoms with van der Waals surface area (Å²) in [5.74, 6) is 1.52. The van der Waals surface area contributed by atoms with E-state index in [1.165, 1.54) is 6.33 Å². The monoisotopic (exact) mass is 446 g/mol. The fourth-order valence-electron chi connectivity index (χ4n) is 4.29. The standard InChI is InChI=1S/C19H26N8O3S/c28-19(25-9-11-26(12-10-25)31(29,30)16-1-2-16)15-5-7-24(8-6-15)17-3-4-18(23-22-17)27-14-20-13-21-27/h3-4,13-16H,1-2,5-12H2. The number of rotatable bonds is 5. The molecule has 0 spiro atoms. The summed E-state index contributed by atoms with van der Waals surface area (Å²) in [6, 6.07) is 3.76. The van der Waals surface area contributed by atoms with Gasteiger partial charge in [-0.3, -0.25) is 4.79 Å².